The predicted octanol–water partition coefficient (Wildman–Crippen LogP) is 5.06. The van der Waals surface area contributed by atoms with E-state index in [9.17, 15) is 4.79 Å². The SMILES string of the molecule is Cc1cn2c(CN(C)C(=O)c3csc(-c4ccc(Cl)cc4)n3)c(C)nc2s1. The zero-order valence-electron chi connectivity index (χ0n) is 15.1. The van der Waals surface area contributed by atoms with Crippen molar-refractivity contribution < 1.29 is 4.79 Å². The first-order chi connectivity index (χ1) is 12.9. The van der Waals surface area contributed by atoms with Crippen molar-refractivity contribution in [3.05, 3.63) is 62.8 Å². The van der Waals surface area contributed by atoms with Crippen LogP contribution < -0.4 is 0 Å². The molecule has 0 saturated heterocycles. The van der Waals surface area contributed by atoms with Crippen molar-refractivity contribution in [1.29, 1.82) is 0 Å². The number of nitrogens with zero attached hydrogens (tertiary/aromatic N) is 4. The molecule has 0 aliphatic heterocycles. The summed E-state index contributed by atoms with van der Waals surface area (Å²) in [5.74, 6) is -0.104. The minimum absolute atomic E-state index is 0.104. The fourth-order valence-electron chi connectivity index (χ4n) is 2.89. The van der Waals surface area contributed by atoms with Gasteiger partial charge in [-0.3, -0.25) is 9.20 Å². The van der Waals surface area contributed by atoms with Gasteiger partial charge in [0.05, 0.1) is 17.9 Å². The van der Waals surface area contributed by atoms with E-state index in [0.29, 0.717) is 17.3 Å². The highest BCUT2D eigenvalue weighted by Crippen LogP contribution is 2.26. The summed E-state index contributed by atoms with van der Waals surface area (Å²) in [6.07, 6.45) is 2.06. The molecule has 0 saturated carbocycles. The number of hydrogen-bond donors (Lipinski definition) is 0. The molecule has 0 atom stereocenters. The minimum atomic E-state index is -0.104. The third-order valence-electron chi connectivity index (χ3n) is 4.29. The van der Waals surface area contributed by atoms with Gasteiger partial charge in [-0.2, -0.15) is 0 Å². The van der Waals surface area contributed by atoms with Gasteiger partial charge in [0.25, 0.3) is 5.91 Å². The van der Waals surface area contributed by atoms with E-state index in [1.54, 1.807) is 28.7 Å². The molecule has 4 rings (SSSR count). The molecule has 3 heterocycles. The third-order valence-corrected chi connectivity index (χ3v) is 6.33. The quantitative estimate of drug-likeness (QED) is 0.467. The standard InChI is InChI=1S/C19H17ClN4OS2/c1-11-8-24-16(12(2)21-19(24)27-11)9-23(3)18(25)15-10-26-17(22-15)13-4-6-14(20)7-5-13/h4-8,10H,9H2,1-3H3. The van der Waals surface area contributed by atoms with Crippen LogP contribution in [0.5, 0.6) is 0 Å². The summed E-state index contributed by atoms with van der Waals surface area (Å²) in [7, 11) is 1.79. The maximum Gasteiger partial charge on any atom is 0.273 e. The van der Waals surface area contributed by atoms with Crippen LogP contribution in [0.3, 0.4) is 0 Å². The van der Waals surface area contributed by atoms with E-state index in [-0.39, 0.29) is 5.91 Å². The molecule has 0 fully saturated rings. The molecule has 0 spiro atoms. The second-order valence-electron chi connectivity index (χ2n) is 6.34. The number of aryl methyl sites for hydroxylation is 2. The van der Waals surface area contributed by atoms with E-state index in [1.165, 1.54) is 16.2 Å². The summed E-state index contributed by atoms with van der Waals surface area (Å²) in [5, 5.41) is 3.29. The lowest BCUT2D eigenvalue weighted by molar-refractivity contribution is 0.0778. The zero-order valence-corrected chi connectivity index (χ0v) is 17.5. The van der Waals surface area contributed by atoms with Crippen LogP contribution in [-0.2, 0) is 6.54 Å². The molecule has 5 nitrogen and oxygen atoms in total. The van der Waals surface area contributed by atoms with Gasteiger partial charge in [-0.05, 0) is 26.0 Å². The number of aromatic nitrogens is 3. The lowest BCUT2D eigenvalue weighted by Crippen LogP contribution is -2.27. The van der Waals surface area contributed by atoms with Gasteiger partial charge in [-0.15, -0.1) is 22.7 Å². The second-order valence-corrected chi connectivity index (χ2v) is 8.85. The summed E-state index contributed by atoms with van der Waals surface area (Å²) in [6.45, 7) is 4.51. The molecular formula is C19H17ClN4OS2. The van der Waals surface area contributed by atoms with Gasteiger partial charge in [0, 0.05) is 34.1 Å². The van der Waals surface area contributed by atoms with Gasteiger partial charge in [0.2, 0.25) is 0 Å². The molecule has 1 amide bonds. The van der Waals surface area contributed by atoms with Crippen LogP contribution in [0.4, 0.5) is 0 Å². The Morgan fingerprint density at radius 3 is 2.70 bits per heavy atom. The van der Waals surface area contributed by atoms with Crippen LogP contribution in [0.25, 0.3) is 15.5 Å². The largest absolute Gasteiger partial charge is 0.334 e. The van der Waals surface area contributed by atoms with Gasteiger partial charge in [0.1, 0.15) is 10.7 Å². The highest BCUT2D eigenvalue weighted by molar-refractivity contribution is 7.17. The molecule has 4 aromatic rings. The van der Waals surface area contributed by atoms with Gasteiger partial charge < -0.3 is 4.90 Å². The Balaban J connectivity index is 1.55. The van der Waals surface area contributed by atoms with Gasteiger partial charge >= 0.3 is 0 Å². The highest BCUT2D eigenvalue weighted by Gasteiger charge is 2.19. The van der Waals surface area contributed by atoms with Crippen molar-refractivity contribution in [2.75, 3.05) is 7.05 Å². The van der Waals surface area contributed by atoms with Gasteiger partial charge in [0.15, 0.2) is 4.96 Å². The Bertz CT molecular complexity index is 1130. The van der Waals surface area contributed by atoms with Crippen LogP contribution in [0.1, 0.15) is 26.8 Å². The Hall–Kier alpha value is -2.22. The number of rotatable bonds is 4. The molecule has 0 bridgehead atoms. The van der Waals surface area contributed by atoms with Crippen LogP contribution in [0.2, 0.25) is 5.02 Å². The predicted molar refractivity (Wildman–Crippen MR) is 111 cm³/mol. The molecule has 1 aromatic carbocycles. The average molecular weight is 417 g/mol. The Morgan fingerprint density at radius 2 is 1.96 bits per heavy atom. The third kappa shape index (κ3) is 3.50. The summed E-state index contributed by atoms with van der Waals surface area (Å²) >= 11 is 9.04. The van der Waals surface area contributed by atoms with Gasteiger partial charge in [-0.1, -0.05) is 23.7 Å². The fourth-order valence-corrected chi connectivity index (χ4v) is 4.70. The van der Waals surface area contributed by atoms with Crippen molar-refractivity contribution in [2.24, 2.45) is 0 Å². The Morgan fingerprint density at radius 1 is 1.22 bits per heavy atom. The molecule has 138 valence electrons. The molecule has 27 heavy (non-hydrogen) atoms. The monoisotopic (exact) mass is 416 g/mol. The van der Waals surface area contributed by atoms with Crippen LogP contribution in [0.15, 0.2) is 35.8 Å². The average Bonchev–Trinajstić information content (AvgIpc) is 3.32. The first-order valence-corrected chi connectivity index (χ1v) is 10.4. The lowest BCUT2D eigenvalue weighted by Gasteiger charge is -2.16. The summed E-state index contributed by atoms with van der Waals surface area (Å²) in [4.78, 5) is 25.8. The first kappa shape index (κ1) is 18.2. The molecule has 0 aliphatic carbocycles. The first-order valence-electron chi connectivity index (χ1n) is 8.33. The summed E-state index contributed by atoms with van der Waals surface area (Å²) < 4.78 is 2.07. The smallest absolute Gasteiger partial charge is 0.273 e. The number of amides is 1. The number of hydrogen-bond acceptors (Lipinski definition) is 5. The number of fused-ring (bicyclic) bond motifs is 1. The van der Waals surface area contributed by atoms with E-state index in [2.05, 4.69) is 27.5 Å². The van der Waals surface area contributed by atoms with Crippen molar-refractivity contribution in [3.63, 3.8) is 0 Å². The highest BCUT2D eigenvalue weighted by atomic mass is 35.5. The van der Waals surface area contributed by atoms with Crippen molar-refractivity contribution >= 4 is 45.1 Å². The Labute approximate surface area is 169 Å². The van der Waals surface area contributed by atoms with E-state index >= 15 is 0 Å². The molecule has 0 radical (unpaired) electrons. The molecule has 0 aliphatic rings. The van der Waals surface area contributed by atoms with Crippen molar-refractivity contribution in [3.8, 4) is 10.6 Å². The van der Waals surface area contributed by atoms with Crippen LogP contribution in [-0.4, -0.2) is 32.2 Å². The molecule has 0 N–H and O–H groups in total. The fraction of sp³-hybridized carbons (Fsp3) is 0.211. The number of imidazole rings is 1. The number of carbonyl (C=O) groups is 1. The number of benzene rings is 1. The number of halogens is 1. The topological polar surface area (TPSA) is 50.5 Å². The minimum Gasteiger partial charge on any atom is -0.334 e. The maximum absolute atomic E-state index is 12.8. The number of carbonyl (C=O) groups excluding carboxylic acids is 1. The Kier molecular flexibility index (Phi) is 4.75. The van der Waals surface area contributed by atoms with Crippen molar-refractivity contribution in [2.45, 2.75) is 20.4 Å². The van der Waals surface area contributed by atoms with E-state index in [4.69, 9.17) is 11.6 Å². The second kappa shape index (κ2) is 7.07. The summed E-state index contributed by atoms with van der Waals surface area (Å²) in [6, 6.07) is 7.46. The summed E-state index contributed by atoms with van der Waals surface area (Å²) in [5.41, 5.74) is 3.37. The van der Waals surface area contributed by atoms with Gasteiger partial charge in [-0.25, -0.2) is 9.97 Å². The lowest BCUT2D eigenvalue weighted by atomic mass is 10.2. The van der Waals surface area contributed by atoms with E-state index in [1.807, 2.05) is 31.2 Å². The van der Waals surface area contributed by atoms with E-state index in [0.717, 1.165) is 26.9 Å². The van der Waals surface area contributed by atoms with Crippen LogP contribution in [0, 0.1) is 13.8 Å². The normalized spacial score (nSPS) is 11.3. The molecular weight excluding hydrogens is 400 g/mol. The van der Waals surface area contributed by atoms with Crippen LogP contribution >= 0.6 is 34.3 Å². The molecule has 8 heteroatoms. The molecule has 3 aromatic heterocycles. The van der Waals surface area contributed by atoms with Crippen molar-refractivity contribution in [1.82, 2.24) is 19.3 Å². The molecule has 0 unspecified atom stereocenters. The maximum atomic E-state index is 12.8. The van der Waals surface area contributed by atoms with E-state index < -0.39 is 0 Å². The zero-order chi connectivity index (χ0) is 19.1. The number of thiazole rings is 2.